The lowest BCUT2D eigenvalue weighted by Crippen LogP contribution is -2.40. The minimum Gasteiger partial charge on any atom is -0.321 e. The van der Waals surface area contributed by atoms with Crippen LogP contribution in [0.1, 0.15) is 31.3 Å². The van der Waals surface area contributed by atoms with Gasteiger partial charge in [-0.05, 0) is 45.0 Å². The smallest absolute Gasteiger partial charge is 0.276 e. The summed E-state index contributed by atoms with van der Waals surface area (Å²) in [6, 6.07) is 12.5. The fourth-order valence-corrected chi connectivity index (χ4v) is 4.15. The molecule has 0 aliphatic rings. The molecule has 2 aromatic carbocycles. The number of nitrogens with one attached hydrogen (secondary N) is 3. The first-order valence-corrected chi connectivity index (χ1v) is 9.98. The highest BCUT2D eigenvalue weighted by atomic mass is 32.2. The Morgan fingerprint density at radius 3 is 2.39 bits per heavy atom. The van der Waals surface area contributed by atoms with Crippen molar-refractivity contribution in [1.29, 1.82) is 0 Å². The number of carbonyl (C=O) groups excluding carboxylic acids is 1. The van der Waals surface area contributed by atoms with Gasteiger partial charge in [-0.2, -0.15) is 5.10 Å². The van der Waals surface area contributed by atoms with Gasteiger partial charge in [0.05, 0.1) is 10.3 Å². The zero-order valence-corrected chi connectivity index (χ0v) is 16.4. The summed E-state index contributed by atoms with van der Waals surface area (Å²) < 4.78 is 27.5. The third kappa shape index (κ3) is 4.26. The van der Waals surface area contributed by atoms with Crippen LogP contribution >= 0.6 is 0 Å². The number of hydrogen-bond acceptors (Lipinski definition) is 5. The molecular weight excluding hydrogens is 380 g/mol. The zero-order valence-electron chi connectivity index (χ0n) is 15.6. The summed E-state index contributed by atoms with van der Waals surface area (Å²) in [4.78, 5) is 24.6. The molecule has 1 heterocycles. The predicted octanol–water partition coefficient (Wildman–Crippen LogP) is 2.25. The van der Waals surface area contributed by atoms with Gasteiger partial charge in [0.25, 0.3) is 11.5 Å². The molecular formula is C19H20N4O4S. The van der Waals surface area contributed by atoms with Crippen molar-refractivity contribution in [2.24, 2.45) is 0 Å². The van der Waals surface area contributed by atoms with E-state index in [4.69, 9.17) is 0 Å². The van der Waals surface area contributed by atoms with Crippen LogP contribution in [0.4, 0.5) is 5.69 Å². The van der Waals surface area contributed by atoms with Crippen LogP contribution < -0.4 is 15.6 Å². The molecule has 3 aromatic rings. The monoisotopic (exact) mass is 400 g/mol. The Balaban J connectivity index is 1.93. The van der Waals surface area contributed by atoms with Gasteiger partial charge in [0.1, 0.15) is 0 Å². The maximum atomic E-state index is 12.7. The van der Waals surface area contributed by atoms with Crippen molar-refractivity contribution < 1.29 is 13.2 Å². The Hall–Kier alpha value is -3.04. The SMILES string of the molecule is CC(C)(C)NS(=O)(=O)c1cccc(NC(=O)c2n[nH]c(=O)c3ccccc23)c1. The fourth-order valence-electron chi connectivity index (χ4n) is 2.68. The summed E-state index contributed by atoms with van der Waals surface area (Å²) in [6.07, 6.45) is 0. The van der Waals surface area contributed by atoms with Crippen molar-refractivity contribution in [2.45, 2.75) is 31.2 Å². The molecule has 0 bridgehead atoms. The van der Waals surface area contributed by atoms with E-state index in [1.54, 1.807) is 51.1 Å². The molecule has 0 saturated carbocycles. The Labute approximate surface area is 162 Å². The van der Waals surface area contributed by atoms with Crippen molar-refractivity contribution >= 4 is 32.4 Å². The summed E-state index contributed by atoms with van der Waals surface area (Å²) in [6.45, 7) is 5.22. The Morgan fingerprint density at radius 1 is 1.04 bits per heavy atom. The van der Waals surface area contributed by atoms with E-state index in [2.05, 4.69) is 20.2 Å². The molecule has 0 aliphatic heterocycles. The molecule has 1 amide bonds. The number of fused-ring (bicyclic) bond motifs is 1. The number of carbonyl (C=O) groups is 1. The Morgan fingerprint density at radius 2 is 1.71 bits per heavy atom. The van der Waals surface area contributed by atoms with Crippen LogP contribution in [0.2, 0.25) is 0 Å². The molecule has 3 N–H and O–H groups in total. The van der Waals surface area contributed by atoms with E-state index in [0.717, 1.165) is 0 Å². The number of aromatic nitrogens is 2. The van der Waals surface area contributed by atoms with Crippen LogP contribution in [-0.4, -0.2) is 30.1 Å². The number of nitrogens with zero attached hydrogens (tertiary/aromatic N) is 1. The van der Waals surface area contributed by atoms with Crippen LogP contribution in [0.25, 0.3) is 10.8 Å². The number of amides is 1. The maximum absolute atomic E-state index is 12.7. The average molecular weight is 400 g/mol. The van der Waals surface area contributed by atoms with Crippen molar-refractivity contribution in [3.05, 3.63) is 64.6 Å². The largest absolute Gasteiger partial charge is 0.321 e. The van der Waals surface area contributed by atoms with Crippen molar-refractivity contribution in [3.63, 3.8) is 0 Å². The molecule has 9 heteroatoms. The molecule has 0 fully saturated rings. The maximum Gasteiger partial charge on any atom is 0.276 e. The van der Waals surface area contributed by atoms with Crippen molar-refractivity contribution in [1.82, 2.24) is 14.9 Å². The van der Waals surface area contributed by atoms with E-state index in [0.29, 0.717) is 16.5 Å². The highest BCUT2D eigenvalue weighted by Crippen LogP contribution is 2.19. The lowest BCUT2D eigenvalue weighted by atomic mass is 10.1. The number of aromatic amines is 1. The summed E-state index contributed by atoms with van der Waals surface area (Å²) in [5.74, 6) is -0.564. The molecule has 0 spiro atoms. The standard InChI is InChI=1S/C19H20N4O4S/c1-19(2,3)23-28(26,27)13-8-6-7-12(11-13)20-18(25)16-14-9-4-5-10-15(14)17(24)22-21-16/h4-11,23H,1-3H3,(H,20,25)(H,22,24). The highest BCUT2D eigenvalue weighted by molar-refractivity contribution is 7.89. The van der Waals surface area contributed by atoms with Gasteiger partial charge in [0.15, 0.2) is 5.69 Å². The third-order valence-electron chi connectivity index (χ3n) is 3.75. The number of H-pyrrole nitrogens is 1. The van der Waals surface area contributed by atoms with E-state index in [-0.39, 0.29) is 10.6 Å². The van der Waals surface area contributed by atoms with E-state index in [1.807, 2.05) is 0 Å². The van der Waals surface area contributed by atoms with Gasteiger partial charge >= 0.3 is 0 Å². The second-order valence-electron chi connectivity index (χ2n) is 7.28. The van der Waals surface area contributed by atoms with E-state index < -0.39 is 27.0 Å². The zero-order chi connectivity index (χ0) is 20.5. The average Bonchev–Trinajstić information content (AvgIpc) is 2.60. The Kier molecular flexibility index (Phi) is 5.05. The molecule has 0 aliphatic carbocycles. The summed E-state index contributed by atoms with van der Waals surface area (Å²) in [5, 5.41) is 9.52. The van der Waals surface area contributed by atoms with E-state index in [9.17, 15) is 18.0 Å². The number of rotatable bonds is 4. The molecule has 146 valence electrons. The number of anilines is 1. The lowest BCUT2D eigenvalue weighted by molar-refractivity contribution is 0.102. The minimum atomic E-state index is -3.75. The number of benzene rings is 2. The summed E-state index contributed by atoms with van der Waals surface area (Å²) >= 11 is 0. The third-order valence-corrected chi connectivity index (χ3v) is 5.51. The number of sulfonamides is 1. The lowest BCUT2D eigenvalue weighted by Gasteiger charge is -2.20. The number of hydrogen-bond donors (Lipinski definition) is 3. The summed E-state index contributed by atoms with van der Waals surface area (Å²) in [7, 11) is -3.75. The molecule has 0 atom stereocenters. The topological polar surface area (TPSA) is 121 Å². The van der Waals surface area contributed by atoms with Crippen LogP contribution in [-0.2, 0) is 10.0 Å². The highest BCUT2D eigenvalue weighted by Gasteiger charge is 2.22. The predicted molar refractivity (Wildman–Crippen MR) is 107 cm³/mol. The van der Waals surface area contributed by atoms with Crippen molar-refractivity contribution in [3.8, 4) is 0 Å². The van der Waals surface area contributed by atoms with Gasteiger partial charge in [-0.1, -0.05) is 24.3 Å². The van der Waals surface area contributed by atoms with Gasteiger partial charge in [-0.3, -0.25) is 9.59 Å². The van der Waals surface area contributed by atoms with Crippen molar-refractivity contribution in [2.75, 3.05) is 5.32 Å². The minimum absolute atomic E-state index is 0.0273. The van der Waals surface area contributed by atoms with Crippen LogP contribution in [0.15, 0.2) is 58.2 Å². The van der Waals surface area contributed by atoms with Gasteiger partial charge in [0, 0.05) is 16.6 Å². The van der Waals surface area contributed by atoms with Gasteiger partial charge < -0.3 is 5.32 Å². The second kappa shape index (κ2) is 7.17. The molecule has 0 saturated heterocycles. The van der Waals surface area contributed by atoms with E-state index in [1.165, 1.54) is 18.2 Å². The molecule has 0 radical (unpaired) electrons. The first kappa shape index (κ1) is 19.7. The van der Waals surface area contributed by atoms with Crippen LogP contribution in [0.5, 0.6) is 0 Å². The first-order valence-electron chi connectivity index (χ1n) is 8.50. The second-order valence-corrected chi connectivity index (χ2v) is 8.97. The van der Waals surface area contributed by atoms with Crippen LogP contribution in [0.3, 0.4) is 0 Å². The van der Waals surface area contributed by atoms with Gasteiger partial charge in [-0.15, -0.1) is 0 Å². The van der Waals surface area contributed by atoms with Gasteiger partial charge in [0.2, 0.25) is 10.0 Å². The normalized spacial score (nSPS) is 12.1. The molecule has 28 heavy (non-hydrogen) atoms. The molecule has 3 rings (SSSR count). The Bertz CT molecular complexity index is 1210. The van der Waals surface area contributed by atoms with Crippen LogP contribution in [0, 0.1) is 0 Å². The summed E-state index contributed by atoms with van der Waals surface area (Å²) in [5.41, 5.74) is -0.708. The van der Waals surface area contributed by atoms with E-state index >= 15 is 0 Å². The quantitative estimate of drug-likeness (QED) is 0.620. The van der Waals surface area contributed by atoms with Gasteiger partial charge in [-0.25, -0.2) is 18.2 Å². The molecule has 0 unspecified atom stereocenters. The molecule has 8 nitrogen and oxygen atoms in total. The fraction of sp³-hybridized carbons (Fsp3) is 0.211. The molecule has 1 aromatic heterocycles. The first-order chi connectivity index (χ1) is 13.1.